The van der Waals surface area contributed by atoms with Crippen molar-refractivity contribution in [2.75, 3.05) is 31.5 Å². The van der Waals surface area contributed by atoms with E-state index in [1.54, 1.807) is 35.5 Å². The molecular formula is C21H24ClN5O2. The Balaban J connectivity index is 1.37. The summed E-state index contributed by atoms with van der Waals surface area (Å²) in [7, 11) is 0. The Morgan fingerprint density at radius 2 is 1.86 bits per heavy atom. The largest absolute Gasteiger partial charge is 0.364 e. The van der Waals surface area contributed by atoms with Crippen LogP contribution in [0.5, 0.6) is 0 Å². The van der Waals surface area contributed by atoms with Crippen LogP contribution in [-0.2, 0) is 0 Å². The van der Waals surface area contributed by atoms with Gasteiger partial charge in [0.15, 0.2) is 0 Å². The summed E-state index contributed by atoms with van der Waals surface area (Å²) < 4.78 is 0. The van der Waals surface area contributed by atoms with Crippen molar-refractivity contribution in [2.45, 2.75) is 31.7 Å². The first-order valence-electron chi connectivity index (χ1n) is 10.0. The molecule has 0 aromatic carbocycles. The van der Waals surface area contributed by atoms with Gasteiger partial charge in [-0.05, 0) is 43.9 Å². The Kier molecular flexibility index (Phi) is 5.94. The van der Waals surface area contributed by atoms with Crippen LogP contribution in [-0.4, -0.2) is 63.8 Å². The highest BCUT2D eigenvalue weighted by Crippen LogP contribution is 2.24. The van der Waals surface area contributed by atoms with Crippen molar-refractivity contribution in [3.63, 3.8) is 0 Å². The van der Waals surface area contributed by atoms with Gasteiger partial charge in [-0.2, -0.15) is 0 Å². The molecule has 1 N–H and O–H groups in total. The fourth-order valence-corrected chi connectivity index (χ4v) is 4.07. The van der Waals surface area contributed by atoms with E-state index in [9.17, 15) is 9.59 Å². The fraction of sp³-hybridized carbons (Fsp3) is 0.429. The van der Waals surface area contributed by atoms with E-state index in [2.05, 4.69) is 15.3 Å². The molecular weight excluding hydrogens is 390 g/mol. The van der Waals surface area contributed by atoms with Gasteiger partial charge in [-0.15, -0.1) is 0 Å². The van der Waals surface area contributed by atoms with Crippen molar-refractivity contribution in [3.8, 4) is 0 Å². The van der Waals surface area contributed by atoms with E-state index in [0.29, 0.717) is 35.2 Å². The minimum absolute atomic E-state index is 0.0151. The second-order valence-corrected chi connectivity index (χ2v) is 7.91. The summed E-state index contributed by atoms with van der Waals surface area (Å²) in [5.41, 5.74) is 0.964. The van der Waals surface area contributed by atoms with Gasteiger partial charge in [0.2, 0.25) is 0 Å². The van der Waals surface area contributed by atoms with Crippen molar-refractivity contribution in [2.24, 2.45) is 0 Å². The second-order valence-electron chi connectivity index (χ2n) is 7.50. The predicted molar refractivity (Wildman–Crippen MR) is 111 cm³/mol. The first-order chi connectivity index (χ1) is 14.1. The standard InChI is InChI=1S/C21H24ClN5O2/c22-17-12-15(20(28)26-9-4-1-5-10-26)13-24-19(17)25-16-7-11-27(14-16)21(29)18-6-2-3-8-23-18/h2-3,6,8,12-13,16H,1,4-5,7,9-11,14H2,(H,24,25). The number of nitrogens with zero attached hydrogens (tertiary/aromatic N) is 4. The number of carbonyl (C=O) groups excluding carboxylic acids is 2. The third kappa shape index (κ3) is 4.50. The smallest absolute Gasteiger partial charge is 0.272 e. The van der Waals surface area contributed by atoms with Gasteiger partial charge in [-0.25, -0.2) is 4.98 Å². The molecule has 2 fully saturated rings. The third-order valence-corrected chi connectivity index (χ3v) is 5.72. The molecule has 0 spiro atoms. The molecule has 2 aromatic rings. The molecule has 4 heterocycles. The number of anilines is 1. The van der Waals surface area contributed by atoms with Crippen molar-refractivity contribution in [3.05, 3.63) is 52.9 Å². The number of likely N-dealkylation sites (tertiary alicyclic amines) is 2. The normalized spacial score (nSPS) is 19.3. The summed E-state index contributed by atoms with van der Waals surface area (Å²) in [6.45, 7) is 2.79. The SMILES string of the molecule is O=C(c1cnc(NC2CCN(C(=O)c3ccccn3)C2)c(Cl)c1)N1CCCCC1. The number of carbonyl (C=O) groups is 2. The highest BCUT2D eigenvalue weighted by Gasteiger charge is 2.28. The van der Waals surface area contributed by atoms with Crippen LogP contribution in [0.1, 0.15) is 46.5 Å². The minimum atomic E-state index is -0.0727. The quantitative estimate of drug-likeness (QED) is 0.833. The maximum absolute atomic E-state index is 12.6. The lowest BCUT2D eigenvalue weighted by Gasteiger charge is -2.26. The lowest BCUT2D eigenvalue weighted by atomic mass is 10.1. The molecule has 152 valence electrons. The number of pyridine rings is 2. The summed E-state index contributed by atoms with van der Waals surface area (Å²) in [5, 5.41) is 3.73. The Morgan fingerprint density at radius 3 is 2.59 bits per heavy atom. The van der Waals surface area contributed by atoms with Gasteiger partial charge >= 0.3 is 0 Å². The molecule has 2 saturated heterocycles. The van der Waals surface area contributed by atoms with Crippen LogP contribution in [0.3, 0.4) is 0 Å². The summed E-state index contributed by atoms with van der Waals surface area (Å²) in [5.74, 6) is 0.453. The third-order valence-electron chi connectivity index (χ3n) is 5.43. The maximum Gasteiger partial charge on any atom is 0.272 e. The fourth-order valence-electron chi connectivity index (χ4n) is 3.85. The number of aromatic nitrogens is 2. The molecule has 8 heteroatoms. The molecule has 4 rings (SSSR count). The topological polar surface area (TPSA) is 78.4 Å². The van der Waals surface area contributed by atoms with Gasteiger partial charge < -0.3 is 15.1 Å². The zero-order valence-corrected chi connectivity index (χ0v) is 16.9. The van der Waals surface area contributed by atoms with Gasteiger partial charge in [0.1, 0.15) is 11.5 Å². The van der Waals surface area contributed by atoms with E-state index in [1.807, 2.05) is 11.0 Å². The van der Waals surface area contributed by atoms with E-state index < -0.39 is 0 Å². The maximum atomic E-state index is 12.6. The molecule has 2 aliphatic rings. The lowest BCUT2D eigenvalue weighted by molar-refractivity contribution is 0.0723. The monoisotopic (exact) mass is 413 g/mol. The summed E-state index contributed by atoms with van der Waals surface area (Å²) in [4.78, 5) is 37.3. The molecule has 0 bridgehead atoms. The highest BCUT2D eigenvalue weighted by molar-refractivity contribution is 6.33. The van der Waals surface area contributed by atoms with Gasteiger partial charge in [-0.1, -0.05) is 17.7 Å². The Bertz CT molecular complexity index is 886. The molecule has 2 amide bonds. The summed E-state index contributed by atoms with van der Waals surface area (Å²) in [6, 6.07) is 7.05. The zero-order chi connectivity index (χ0) is 20.2. The van der Waals surface area contributed by atoms with E-state index in [1.165, 1.54) is 6.42 Å². The molecule has 29 heavy (non-hydrogen) atoms. The number of nitrogens with one attached hydrogen (secondary N) is 1. The number of hydrogen-bond donors (Lipinski definition) is 1. The minimum Gasteiger partial charge on any atom is -0.364 e. The van der Waals surface area contributed by atoms with Crippen LogP contribution >= 0.6 is 11.6 Å². The average molecular weight is 414 g/mol. The van der Waals surface area contributed by atoms with Crippen molar-refractivity contribution < 1.29 is 9.59 Å². The van der Waals surface area contributed by atoms with Gasteiger partial charge in [0.25, 0.3) is 11.8 Å². The zero-order valence-electron chi connectivity index (χ0n) is 16.2. The number of hydrogen-bond acceptors (Lipinski definition) is 5. The van der Waals surface area contributed by atoms with Crippen LogP contribution in [0.15, 0.2) is 36.7 Å². The first kappa shape index (κ1) is 19.6. The van der Waals surface area contributed by atoms with Crippen LogP contribution in [0.2, 0.25) is 5.02 Å². The van der Waals surface area contributed by atoms with E-state index in [4.69, 9.17) is 11.6 Å². The number of rotatable bonds is 4. The summed E-state index contributed by atoms with van der Waals surface area (Å²) >= 11 is 6.40. The molecule has 0 radical (unpaired) electrons. The molecule has 2 aliphatic heterocycles. The molecule has 1 atom stereocenters. The van der Waals surface area contributed by atoms with Gasteiger partial charge in [0, 0.05) is 44.6 Å². The van der Waals surface area contributed by atoms with Crippen LogP contribution < -0.4 is 5.32 Å². The first-order valence-corrected chi connectivity index (χ1v) is 10.4. The van der Waals surface area contributed by atoms with Crippen molar-refractivity contribution in [1.29, 1.82) is 0 Å². The molecule has 7 nitrogen and oxygen atoms in total. The van der Waals surface area contributed by atoms with Crippen molar-refractivity contribution in [1.82, 2.24) is 19.8 Å². The van der Waals surface area contributed by atoms with Crippen LogP contribution in [0.4, 0.5) is 5.82 Å². The Morgan fingerprint density at radius 1 is 1.03 bits per heavy atom. The Hall–Kier alpha value is -2.67. The molecule has 0 aliphatic carbocycles. The second kappa shape index (κ2) is 8.78. The lowest BCUT2D eigenvalue weighted by Crippen LogP contribution is -2.35. The van der Waals surface area contributed by atoms with Crippen LogP contribution in [0.25, 0.3) is 0 Å². The Labute approximate surface area is 175 Å². The van der Waals surface area contributed by atoms with E-state index in [-0.39, 0.29) is 17.9 Å². The highest BCUT2D eigenvalue weighted by atomic mass is 35.5. The van der Waals surface area contributed by atoms with Crippen LogP contribution in [0, 0.1) is 0 Å². The average Bonchev–Trinajstić information content (AvgIpc) is 3.24. The predicted octanol–water partition coefficient (Wildman–Crippen LogP) is 3.08. The molecule has 1 unspecified atom stereocenters. The van der Waals surface area contributed by atoms with Crippen molar-refractivity contribution >= 4 is 29.2 Å². The van der Waals surface area contributed by atoms with E-state index in [0.717, 1.165) is 32.4 Å². The number of piperidine rings is 1. The van der Waals surface area contributed by atoms with Gasteiger partial charge in [0.05, 0.1) is 10.6 Å². The molecule has 2 aromatic heterocycles. The summed E-state index contributed by atoms with van der Waals surface area (Å²) in [6.07, 6.45) is 7.26. The molecule has 0 saturated carbocycles. The number of halogens is 1. The number of amides is 2. The van der Waals surface area contributed by atoms with E-state index >= 15 is 0 Å². The van der Waals surface area contributed by atoms with Gasteiger partial charge in [-0.3, -0.25) is 14.6 Å².